The zero-order chi connectivity index (χ0) is 33.6. The summed E-state index contributed by atoms with van der Waals surface area (Å²) in [7, 11) is 3.74. The maximum absolute atomic E-state index is 12.8. The number of carbonyl (C=O) groups is 1. The SMILES string of the molecule is CN[C@@H]1[C@@H](O)[C@@H](O[C@H]2[C@H](NC(=O)[C@@H](O)CCN)C[C@H](N)C([C@H]3OC(CNCCC4CNCCN4C)=CC[C@H]3N)[C@@H]2O)OC[C@]1(C)O. The van der Waals surface area contributed by atoms with Gasteiger partial charge in [-0.05, 0) is 65.9 Å². The summed E-state index contributed by atoms with van der Waals surface area (Å²) >= 11 is 0. The van der Waals surface area contributed by atoms with Crippen molar-refractivity contribution in [1.29, 1.82) is 0 Å². The highest BCUT2D eigenvalue weighted by atomic mass is 16.7. The number of nitrogens with one attached hydrogen (secondary N) is 4. The van der Waals surface area contributed by atoms with Crippen molar-refractivity contribution in [2.24, 2.45) is 23.1 Å². The van der Waals surface area contributed by atoms with Gasteiger partial charge < -0.3 is 78.0 Å². The van der Waals surface area contributed by atoms with Gasteiger partial charge in [-0.15, -0.1) is 0 Å². The van der Waals surface area contributed by atoms with Crippen LogP contribution in [0.25, 0.3) is 0 Å². The van der Waals surface area contributed by atoms with Crippen molar-refractivity contribution in [2.75, 3.05) is 60.0 Å². The molecule has 0 bridgehead atoms. The largest absolute Gasteiger partial charge is 0.492 e. The zero-order valence-electron chi connectivity index (χ0n) is 27.4. The van der Waals surface area contributed by atoms with E-state index in [4.69, 9.17) is 31.4 Å². The lowest BCUT2D eigenvalue weighted by atomic mass is 9.72. The van der Waals surface area contributed by atoms with Crippen LogP contribution in [0.5, 0.6) is 0 Å². The molecule has 4 aliphatic rings. The predicted molar refractivity (Wildman–Crippen MR) is 170 cm³/mol. The maximum atomic E-state index is 12.8. The first kappa shape index (κ1) is 37.3. The van der Waals surface area contributed by atoms with Crippen LogP contribution in [-0.4, -0.2) is 164 Å². The summed E-state index contributed by atoms with van der Waals surface area (Å²) in [5.41, 5.74) is 17.4. The third kappa shape index (κ3) is 8.93. The first-order valence-electron chi connectivity index (χ1n) is 16.6. The number of aliphatic hydroxyl groups is 4. The highest BCUT2D eigenvalue weighted by Crippen LogP contribution is 2.36. The minimum absolute atomic E-state index is 0.0485. The average Bonchev–Trinajstić information content (AvgIpc) is 3.00. The van der Waals surface area contributed by atoms with E-state index < -0.39 is 78.4 Å². The van der Waals surface area contributed by atoms with Crippen LogP contribution in [-0.2, 0) is 19.0 Å². The van der Waals surface area contributed by atoms with Crippen LogP contribution in [0.4, 0.5) is 0 Å². The number of piperazine rings is 1. The van der Waals surface area contributed by atoms with Gasteiger partial charge in [-0.1, -0.05) is 0 Å². The van der Waals surface area contributed by atoms with Crippen molar-refractivity contribution in [2.45, 2.75) is 105 Å². The quantitative estimate of drug-likeness (QED) is 0.0831. The van der Waals surface area contributed by atoms with Gasteiger partial charge in [0.1, 0.15) is 35.8 Å². The molecule has 3 heterocycles. The summed E-state index contributed by atoms with van der Waals surface area (Å²) < 4.78 is 18.3. The van der Waals surface area contributed by atoms with E-state index in [2.05, 4.69) is 33.2 Å². The van der Waals surface area contributed by atoms with Gasteiger partial charge >= 0.3 is 0 Å². The Hall–Kier alpha value is -1.51. The van der Waals surface area contributed by atoms with E-state index in [1.807, 2.05) is 6.08 Å². The molecule has 46 heavy (non-hydrogen) atoms. The fourth-order valence-corrected chi connectivity index (χ4v) is 7.19. The molecule has 13 atom stereocenters. The van der Waals surface area contributed by atoms with E-state index in [-0.39, 0.29) is 26.0 Å². The van der Waals surface area contributed by atoms with E-state index in [1.54, 1.807) is 7.05 Å². The zero-order valence-corrected chi connectivity index (χ0v) is 27.4. The van der Waals surface area contributed by atoms with Gasteiger partial charge in [0.25, 0.3) is 0 Å². The smallest absolute Gasteiger partial charge is 0.249 e. The summed E-state index contributed by atoms with van der Waals surface area (Å²) in [5, 5.41) is 56.5. The van der Waals surface area contributed by atoms with E-state index in [0.717, 1.165) is 32.6 Å². The molecule has 0 aromatic carbocycles. The lowest BCUT2D eigenvalue weighted by Gasteiger charge is -2.50. The number of carbonyl (C=O) groups excluding carboxylic acids is 1. The summed E-state index contributed by atoms with van der Waals surface area (Å²) in [6.45, 7) is 5.77. The molecule has 0 radical (unpaired) electrons. The molecule has 1 aliphatic carbocycles. The van der Waals surface area contributed by atoms with Crippen molar-refractivity contribution >= 4 is 5.91 Å². The number of nitrogens with two attached hydrogens (primary N) is 3. The van der Waals surface area contributed by atoms with Gasteiger partial charge in [0.15, 0.2) is 6.29 Å². The standard InChI is InChI=1S/C30H58N8O8/c1-30(43)15-44-29(24(41)27(30)34-2)46-26-20(37-28(42)21(39)6-8-31)12-19(33)22(23(26)40)25-18(32)5-4-17(45-25)14-35-9-7-16-13-36-10-11-38(16)3/h4,16,18-27,29,34-36,39-41,43H,5-15,31-33H2,1-3H3,(H,37,42)/t16?,18-,19+,20-,21+,22?,23+,24-,25+,26+,27-,29-,30+/m1/s1. The van der Waals surface area contributed by atoms with Crippen molar-refractivity contribution in [1.82, 2.24) is 26.2 Å². The third-order valence-corrected chi connectivity index (χ3v) is 9.96. The van der Waals surface area contributed by atoms with Crippen LogP contribution in [0.2, 0.25) is 0 Å². The van der Waals surface area contributed by atoms with Gasteiger partial charge in [-0.25, -0.2) is 0 Å². The number of ether oxygens (including phenoxy) is 3. The van der Waals surface area contributed by atoms with Gasteiger partial charge in [-0.2, -0.15) is 0 Å². The number of hydrogen-bond donors (Lipinski definition) is 11. The Morgan fingerprint density at radius 1 is 1.28 bits per heavy atom. The topological polar surface area (TPSA) is 255 Å². The van der Waals surface area contributed by atoms with Crippen molar-refractivity contribution in [3.63, 3.8) is 0 Å². The predicted octanol–water partition coefficient (Wildman–Crippen LogP) is -4.79. The van der Waals surface area contributed by atoms with Crippen molar-refractivity contribution in [3.05, 3.63) is 11.8 Å². The monoisotopic (exact) mass is 658 g/mol. The third-order valence-electron chi connectivity index (χ3n) is 9.96. The molecule has 266 valence electrons. The lowest BCUT2D eigenvalue weighted by molar-refractivity contribution is -0.297. The van der Waals surface area contributed by atoms with Crippen LogP contribution in [0, 0.1) is 5.92 Å². The van der Waals surface area contributed by atoms with E-state index >= 15 is 0 Å². The second-order valence-electron chi connectivity index (χ2n) is 13.5. The normalized spacial score (nSPS) is 41.3. The molecule has 16 nitrogen and oxygen atoms in total. The second kappa shape index (κ2) is 16.7. The highest BCUT2D eigenvalue weighted by molar-refractivity contribution is 5.80. The lowest BCUT2D eigenvalue weighted by Crippen LogP contribution is -2.69. The average molecular weight is 659 g/mol. The summed E-state index contributed by atoms with van der Waals surface area (Å²) in [5.74, 6) is -0.666. The van der Waals surface area contributed by atoms with Gasteiger partial charge in [-0.3, -0.25) is 4.79 Å². The molecule has 2 unspecified atom stereocenters. The molecule has 4 rings (SSSR count). The molecule has 0 aromatic rings. The van der Waals surface area contributed by atoms with Crippen molar-refractivity contribution < 1.29 is 39.4 Å². The molecule has 1 amide bonds. The molecule has 0 spiro atoms. The summed E-state index contributed by atoms with van der Waals surface area (Å²) in [4.78, 5) is 15.2. The fraction of sp³-hybridized carbons (Fsp3) is 0.900. The van der Waals surface area contributed by atoms with Gasteiger partial charge in [0.2, 0.25) is 5.91 Å². The Kier molecular flexibility index (Phi) is 13.6. The maximum Gasteiger partial charge on any atom is 0.249 e. The molecular formula is C30H58N8O8. The molecule has 0 aromatic heterocycles. The second-order valence-corrected chi connectivity index (χ2v) is 13.5. The first-order chi connectivity index (χ1) is 21.9. The molecule has 3 aliphatic heterocycles. The minimum atomic E-state index is -1.38. The Labute approximate surface area is 271 Å². The Morgan fingerprint density at radius 3 is 2.74 bits per heavy atom. The number of hydrogen-bond acceptors (Lipinski definition) is 15. The molecular weight excluding hydrogens is 600 g/mol. The molecule has 14 N–H and O–H groups in total. The number of aliphatic hydroxyl groups excluding tert-OH is 3. The summed E-state index contributed by atoms with van der Waals surface area (Å²) in [6, 6.07) is -2.31. The van der Waals surface area contributed by atoms with E-state index in [0.29, 0.717) is 24.8 Å². The number of amides is 1. The van der Waals surface area contributed by atoms with E-state index in [1.165, 1.54) is 6.92 Å². The van der Waals surface area contributed by atoms with Crippen LogP contribution >= 0.6 is 0 Å². The van der Waals surface area contributed by atoms with Crippen LogP contribution in [0.15, 0.2) is 11.8 Å². The Bertz CT molecular complexity index is 1010. The molecule has 1 saturated carbocycles. The van der Waals surface area contributed by atoms with Gasteiger partial charge in [0.05, 0.1) is 31.3 Å². The molecule has 16 heteroatoms. The van der Waals surface area contributed by atoms with E-state index in [9.17, 15) is 25.2 Å². The Balaban J connectivity index is 1.46. The number of nitrogens with zero attached hydrogens (tertiary/aromatic N) is 1. The Morgan fingerprint density at radius 2 is 2.04 bits per heavy atom. The highest BCUT2D eigenvalue weighted by Gasteiger charge is 2.53. The fourth-order valence-electron chi connectivity index (χ4n) is 7.19. The number of likely N-dealkylation sites (N-methyl/N-ethyl adjacent to an activating group) is 2. The molecule has 3 fully saturated rings. The van der Waals surface area contributed by atoms with Crippen LogP contribution < -0.4 is 38.5 Å². The first-order valence-corrected chi connectivity index (χ1v) is 16.6. The minimum Gasteiger partial charge on any atom is -0.492 e. The molecule has 2 saturated heterocycles. The van der Waals surface area contributed by atoms with Crippen LogP contribution in [0.3, 0.4) is 0 Å². The van der Waals surface area contributed by atoms with Crippen molar-refractivity contribution in [3.8, 4) is 0 Å². The van der Waals surface area contributed by atoms with Gasteiger partial charge in [0, 0.05) is 43.7 Å². The summed E-state index contributed by atoms with van der Waals surface area (Å²) in [6.07, 6.45) is -3.33. The van der Waals surface area contributed by atoms with Crippen LogP contribution in [0.1, 0.15) is 32.6 Å². The number of rotatable bonds is 13.